The van der Waals surface area contributed by atoms with Crippen LogP contribution in [-0.2, 0) is 27.1 Å². The first-order chi connectivity index (χ1) is 14.9. The lowest BCUT2D eigenvalue weighted by Crippen LogP contribution is -2.40. The SMILES string of the molecule is CCn1c(CSc2ccc(C(C)C)cc2)nc2cc(S(=O)(=O)N3CCOCC3)ccc21. The van der Waals surface area contributed by atoms with Crippen LogP contribution in [0.15, 0.2) is 52.3 Å². The third-order valence-electron chi connectivity index (χ3n) is 5.64. The zero-order valence-corrected chi connectivity index (χ0v) is 19.9. The molecule has 2 aromatic carbocycles. The average molecular weight is 460 g/mol. The van der Waals surface area contributed by atoms with Crippen LogP contribution in [0.1, 0.15) is 38.1 Å². The topological polar surface area (TPSA) is 64.4 Å². The van der Waals surface area contributed by atoms with Gasteiger partial charge >= 0.3 is 0 Å². The van der Waals surface area contributed by atoms with Crippen molar-refractivity contribution in [3.63, 3.8) is 0 Å². The van der Waals surface area contributed by atoms with Crippen LogP contribution in [0.3, 0.4) is 0 Å². The molecule has 6 nitrogen and oxygen atoms in total. The highest BCUT2D eigenvalue weighted by atomic mass is 32.2. The zero-order valence-electron chi connectivity index (χ0n) is 18.2. The smallest absolute Gasteiger partial charge is 0.243 e. The van der Waals surface area contributed by atoms with Gasteiger partial charge in [-0.3, -0.25) is 0 Å². The van der Waals surface area contributed by atoms with Gasteiger partial charge in [0.05, 0.1) is 34.9 Å². The van der Waals surface area contributed by atoms with E-state index in [1.54, 1.807) is 23.9 Å². The van der Waals surface area contributed by atoms with Gasteiger partial charge in [0.1, 0.15) is 5.82 Å². The van der Waals surface area contributed by atoms with Crippen LogP contribution >= 0.6 is 11.8 Å². The molecule has 2 heterocycles. The number of morpholine rings is 1. The van der Waals surface area contributed by atoms with Gasteiger partial charge in [0, 0.05) is 24.5 Å². The molecule has 3 aromatic rings. The Hall–Kier alpha value is -1.87. The van der Waals surface area contributed by atoms with E-state index in [9.17, 15) is 8.42 Å². The fourth-order valence-corrected chi connectivity index (χ4v) is 6.09. The lowest BCUT2D eigenvalue weighted by molar-refractivity contribution is 0.0730. The van der Waals surface area contributed by atoms with Crippen LogP contribution in [0.2, 0.25) is 0 Å². The summed E-state index contributed by atoms with van der Waals surface area (Å²) in [6.07, 6.45) is 0. The highest BCUT2D eigenvalue weighted by Gasteiger charge is 2.27. The molecule has 0 saturated carbocycles. The van der Waals surface area contributed by atoms with Crippen molar-refractivity contribution >= 4 is 32.8 Å². The highest BCUT2D eigenvalue weighted by molar-refractivity contribution is 7.98. The molecule has 1 fully saturated rings. The number of imidazole rings is 1. The monoisotopic (exact) mass is 459 g/mol. The van der Waals surface area contributed by atoms with Gasteiger partial charge in [-0.1, -0.05) is 26.0 Å². The Morgan fingerprint density at radius 3 is 2.45 bits per heavy atom. The molecule has 8 heteroatoms. The number of hydrogen-bond donors (Lipinski definition) is 0. The van der Waals surface area contributed by atoms with Crippen molar-refractivity contribution in [2.45, 2.75) is 48.8 Å². The van der Waals surface area contributed by atoms with Gasteiger partial charge < -0.3 is 9.30 Å². The molecule has 0 unspecified atom stereocenters. The van der Waals surface area contributed by atoms with E-state index in [0.29, 0.717) is 37.1 Å². The van der Waals surface area contributed by atoms with Crippen LogP contribution in [0.4, 0.5) is 0 Å². The molecule has 1 aromatic heterocycles. The van der Waals surface area contributed by atoms with Crippen LogP contribution < -0.4 is 0 Å². The molecule has 31 heavy (non-hydrogen) atoms. The summed E-state index contributed by atoms with van der Waals surface area (Å²) in [5.74, 6) is 2.21. The Kier molecular flexibility index (Phi) is 6.71. The second kappa shape index (κ2) is 9.32. The maximum atomic E-state index is 13.0. The van der Waals surface area contributed by atoms with Crippen LogP contribution in [0.25, 0.3) is 11.0 Å². The third kappa shape index (κ3) is 4.67. The molecule has 0 amide bonds. The number of aromatic nitrogens is 2. The van der Waals surface area contributed by atoms with Gasteiger partial charge in [-0.05, 0) is 48.7 Å². The molecule has 0 radical (unpaired) electrons. The standard InChI is InChI=1S/C23H29N3O3S2/c1-4-26-22-10-9-20(31(27,28)25-11-13-29-14-12-25)15-21(22)24-23(26)16-30-19-7-5-18(6-8-19)17(2)3/h5-10,15,17H,4,11-14,16H2,1-3H3. The maximum absolute atomic E-state index is 13.0. The van der Waals surface area contributed by atoms with Crippen LogP contribution in [0.5, 0.6) is 0 Å². The first-order valence-corrected chi connectivity index (χ1v) is 13.1. The molecule has 1 aliphatic rings. The van der Waals surface area contributed by atoms with Crippen molar-refractivity contribution in [3.05, 3.63) is 53.9 Å². The second-order valence-electron chi connectivity index (χ2n) is 7.95. The van der Waals surface area contributed by atoms with Crippen LogP contribution in [-0.4, -0.2) is 48.6 Å². The lowest BCUT2D eigenvalue weighted by Gasteiger charge is -2.26. The number of nitrogens with zero attached hydrogens (tertiary/aromatic N) is 3. The Morgan fingerprint density at radius 2 is 1.81 bits per heavy atom. The zero-order chi connectivity index (χ0) is 22.0. The number of sulfonamides is 1. The highest BCUT2D eigenvalue weighted by Crippen LogP contribution is 2.28. The van der Waals surface area contributed by atoms with Crippen molar-refractivity contribution < 1.29 is 13.2 Å². The largest absolute Gasteiger partial charge is 0.379 e. The fraction of sp³-hybridized carbons (Fsp3) is 0.435. The number of fused-ring (bicyclic) bond motifs is 1. The Balaban J connectivity index is 1.58. The second-order valence-corrected chi connectivity index (χ2v) is 10.9. The summed E-state index contributed by atoms with van der Waals surface area (Å²) < 4.78 is 35.0. The van der Waals surface area contributed by atoms with E-state index in [1.807, 2.05) is 6.07 Å². The van der Waals surface area contributed by atoms with E-state index in [2.05, 4.69) is 49.6 Å². The van der Waals surface area contributed by atoms with Crippen molar-refractivity contribution in [1.82, 2.24) is 13.9 Å². The number of ether oxygens (including phenoxy) is 1. The summed E-state index contributed by atoms with van der Waals surface area (Å²) in [4.78, 5) is 6.30. The lowest BCUT2D eigenvalue weighted by atomic mass is 10.0. The van der Waals surface area contributed by atoms with Gasteiger partial charge in [-0.15, -0.1) is 11.8 Å². The van der Waals surface area contributed by atoms with E-state index < -0.39 is 10.0 Å². The summed E-state index contributed by atoms with van der Waals surface area (Å²) in [5, 5.41) is 0. The number of hydrogen-bond acceptors (Lipinski definition) is 5. The molecule has 4 rings (SSSR count). The molecule has 0 atom stereocenters. The quantitative estimate of drug-likeness (QED) is 0.487. The van der Waals surface area contributed by atoms with E-state index >= 15 is 0 Å². The number of benzene rings is 2. The predicted octanol–water partition coefficient (Wildman–Crippen LogP) is 4.49. The minimum absolute atomic E-state index is 0.297. The number of aryl methyl sites for hydroxylation is 1. The van der Waals surface area contributed by atoms with Gasteiger partial charge in [0.2, 0.25) is 10.0 Å². The first-order valence-electron chi connectivity index (χ1n) is 10.7. The van der Waals surface area contributed by atoms with Gasteiger partial charge in [-0.25, -0.2) is 13.4 Å². The molecule has 0 bridgehead atoms. The van der Waals surface area contributed by atoms with Gasteiger partial charge in [0.25, 0.3) is 0 Å². The van der Waals surface area contributed by atoms with Crippen molar-refractivity contribution in [2.24, 2.45) is 0 Å². The maximum Gasteiger partial charge on any atom is 0.243 e. The van der Waals surface area contributed by atoms with E-state index in [1.165, 1.54) is 14.8 Å². The number of thioether (sulfide) groups is 1. The van der Waals surface area contributed by atoms with Gasteiger partial charge in [-0.2, -0.15) is 4.31 Å². The Morgan fingerprint density at radius 1 is 1.10 bits per heavy atom. The Labute approximate surface area is 188 Å². The molecular formula is C23H29N3O3S2. The van der Waals surface area contributed by atoms with E-state index in [0.717, 1.165) is 29.2 Å². The number of rotatable bonds is 7. The van der Waals surface area contributed by atoms with E-state index in [-0.39, 0.29) is 0 Å². The molecule has 1 aliphatic heterocycles. The van der Waals surface area contributed by atoms with Crippen LogP contribution in [0, 0.1) is 0 Å². The summed E-state index contributed by atoms with van der Waals surface area (Å²) in [5.41, 5.74) is 3.02. The minimum Gasteiger partial charge on any atom is -0.379 e. The molecule has 1 saturated heterocycles. The molecule has 0 spiro atoms. The van der Waals surface area contributed by atoms with Gasteiger partial charge in [0.15, 0.2) is 0 Å². The van der Waals surface area contributed by atoms with E-state index in [4.69, 9.17) is 9.72 Å². The predicted molar refractivity (Wildman–Crippen MR) is 125 cm³/mol. The van der Waals surface area contributed by atoms with Crippen molar-refractivity contribution in [3.8, 4) is 0 Å². The normalized spacial score (nSPS) is 15.7. The summed E-state index contributed by atoms with van der Waals surface area (Å²) in [6, 6.07) is 14.0. The molecule has 0 N–H and O–H groups in total. The molecule has 166 valence electrons. The summed E-state index contributed by atoms with van der Waals surface area (Å²) in [7, 11) is -3.53. The summed E-state index contributed by atoms with van der Waals surface area (Å²) >= 11 is 1.75. The fourth-order valence-electron chi connectivity index (χ4n) is 3.82. The summed E-state index contributed by atoms with van der Waals surface area (Å²) in [6.45, 7) is 8.91. The van der Waals surface area contributed by atoms with Crippen molar-refractivity contribution in [1.29, 1.82) is 0 Å². The van der Waals surface area contributed by atoms with Crippen molar-refractivity contribution in [2.75, 3.05) is 26.3 Å². The third-order valence-corrected chi connectivity index (χ3v) is 8.54. The Bertz CT molecular complexity index is 1150. The molecule has 0 aliphatic carbocycles. The minimum atomic E-state index is -3.53. The first kappa shape index (κ1) is 22.3. The molecular weight excluding hydrogens is 430 g/mol. The average Bonchev–Trinajstić information content (AvgIpc) is 3.15.